The highest BCUT2D eigenvalue weighted by Crippen LogP contribution is 2.10. The fraction of sp³-hybridized carbons (Fsp3) is 0.692. The molecule has 1 fully saturated rings. The van der Waals surface area contributed by atoms with E-state index in [-0.39, 0.29) is 0 Å². The van der Waals surface area contributed by atoms with Crippen LogP contribution >= 0.6 is 11.3 Å². The van der Waals surface area contributed by atoms with Crippen molar-refractivity contribution >= 4 is 11.3 Å². The first-order chi connectivity index (χ1) is 8.25. The molecule has 96 valence electrons. The molecule has 17 heavy (non-hydrogen) atoms. The van der Waals surface area contributed by atoms with Crippen LogP contribution in [0.15, 0.2) is 17.5 Å². The van der Waals surface area contributed by atoms with Gasteiger partial charge in [-0.05, 0) is 25.3 Å². The second-order valence-electron chi connectivity index (χ2n) is 4.79. The third kappa shape index (κ3) is 4.07. The fourth-order valence-electron chi connectivity index (χ4n) is 2.10. The SMILES string of the molecule is CC(C)N1CCOC(CNCc2cccs2)C1. The van der Waals surface area contributed by atoms with E-state index in [9.17, 15) is 0 Å². The molecule has 0 radical (unpaired) electrons. The Kier molecular flexibility index (Phi) is 4.98. The lowest BCUT2D eigenvalue weighted by Gasteiger charge is -2.35. The number of nitrogens with one attached hydrogen (secondary N) is 1. The molecule has 1 aliphatic rings. The van der Waals surface area contributed by atoms with Gasteiger partial charge in [0.15, 0.2) is 0 Å². The van der Waals surface area contributed by atoms with E-state index in [4.69, 9.17) is 4.74 Å². The molecule has 0 saturated carbocycles. The topological polar surface area (TPSA) is 24.5 Å². The molecule has 3 nitrogen and oxygen atoms in total. The van der Waals surface area contributed by atoms with Crippen LogP contribution in [0.2, 0.25) is 0 Å². The van der Waals surface area contributed by atoms with Crippen LogP contribution in [-0.4, -0.2) is 43.3 Å². The van der Waals surface area contributed by atoms with Gasteiger partial charge >= 0.3 is 0 Å². The number of hydrogen-bond donors (Lipinski definition) is 1. The van der Waals surface area contributed by atoms with E-state index in [2.05, 4.69) is 41.6 Å². The van der Waals surface area contributed by atoms with Crippen molar-refractivity contribution in [1.29, 1.82) is 0 Å². The minimum atomic E-state index is 0.339. The van der Waals surface area contributed by atoms with Crippen LogP contribution in [0.5, 0.6) is 0 Å². The Hall–Kier alpha value is -0.420. The highest BCUT2D eigenvalue weighted by molar-refractivity contribution is 7.09. The number of thiophene rings is 1. The lowest BCUT2D eigenvalue weighted by Crippen LogP contribution is -2.48. The minimum absolute atomic E-state index is 0.339. The van der Waals surface area contributed by atoms with Crippen LogP contribution in [0.3, 0.4) is 0 Å². The van der Waals surface area contributed by atoms with Gasteiger partial charge < -0.3 is 10.1 Å². The second-order valence-corrected chi connectivity index (χ2v) is 5.82. The quantitative estimate of drug-likeness (QED) is 0.869. The van der Waals surface area contributed by atoms with Gasteiger partial charge in [0.1, 0.15) is 0 Å². The van der Waals surface area contributed by atoms with Gasteiger partial charge in [-0.1, -0.05) is 6.07 Å². The maximum atomic E-state index is 5.78. The lowest BCUT2D eigenvalue weighted by molar-refractivity contribution is -0.0372. The van der Waals surface area contributed by atoms with Crippen molar-refractivity contribution < 1.29 is 4.74 Å². The summed E-state index contributed by atoms with van der Waals surface area (Å²) in [5.41, 5.74) is 0. The molecule has 1 aliphatic heterocycles. The summed E-state index contributed by atoms with van der Waals surface area (Å²) in [7, 11) is 0. The summed E-state index contributed by atoms with van der Waals surface area (Å²) in [6, 6.07) is 4.89. The molecule has 0 spiro atoms. The van der Waals surface area contributed by atoms with Crippen LogP contribution in [0.1, 0.15) is 18.7 Å². The molecule has 0 bridgehead atoms. The van der Waals surface area contributed by atoms with E-state index in [0.717, 1.165) is 32.8 Å². The van der Waals surface area contributed by atoms with Gasteiger partial charge in [0, 0.05) is 37.1 Å². The largest absolute Gasteiger partial charge is 0.374 e. The van der Waals surface area contributed by atoms with Crippen LogP contribution in [0.25, 0.3) is 0 Å². The summed E-state index contributed by atoms with van der Waals surface area (Å²) in [6.07, 6.45) is 0.339. The molecule has 1 N–H and O–H groups in total. The summed E-state index contributed by atoms with van der Waals surface area (Å²) in [5, 5.41) is 5.60. The average molecular weight is 254 g/mol. The van der Waals surface area contributed by atoms with E-state index in [1.54, 1.807) is 11.3 Å². The normalized spacial score (nSPS) is 22.2. The van der Waals surface area contributed by atoms with Crippen LogP contribution in [0.4, 0.5) is 0 Å². The van der Waals surface area contributed by atoms with Crippen molar-refractivity contribution in [1.82, 2.24) is 10.2 Å². The Morgan fingerprint density at radius 3 is 3.18 bits per heavy atom. The first-order valence-electron chi connectivity index (χ1n) is 6.34. The summed E-state index contributed by atoms with van der Waals surface area (Å²) >= 11 is 1.80. The number of ether oxygens (including phenoxy) is 1. The monoisotopic (exact) mass is 254 g/mol. The van der Waals surface area contributed by atoms with E-state index >= 15 is 0 Å². The minimum Gasteiger partial charge on any atom is -0.374 e. The zero-order valence-corrected chi connectivity index (χ0v) is 11.5. The van der Waals surface area contributed by atoms with Gasteiger partial charge in [-0.25, -0.2) is 0 Å². The molecule has 1 aromatic rings. The highest BCUT2D eigenvalue weighted by atomic mass is 32.1. The van der Waals surface area contributed by atoms with Crippen molar-refractivity contribution in [2.45, 2.75) is 32.5 Å². The average Bonchev–Trinajstić information content (AvgIpc) is 2.82. The molecular formula is C13H22N2OS. The Bertz CT molecular complexity index is 313. The van der Waals surface area contributed by atoms with E-state index in [1.807, 2.05) is 0 Å². The Morgan fingerprint density at radius 1 is 1.59 bits per heavy atom. The van der Waals surface area contributed by atoms with Crippen LogP contribution in [0, 0.1) is 0 Å². The first-order valence-corrected chi connectivity index (χ1v) is 7.22. The van der Waals surface area contributed by atoms with Crippen molar-refractivity contribution in [3.05, 3.63) is 22.4 Å². The summed E-state index contributed by atoms with van der Waals surface area (Å²) in [6.45, 7) is 9.39. The summed E-state index contributed by atoms with van der Waals surface area (Å²) in [4.78, 5) is 3.88. The smallest absolute Gasteiger partial charge is 0.0826 e. The molecule has 2 rings (SSSR count). The number of rotatable bonds is 5. The van der Waals surface area contributed by atoms with Crippen molar-refractivity contribution in [2.24, 2.45) is 0 Å². The molecule has 2 heterocycles. The summed E-state index contributed by atoms with van der Waals surface area (Å²) < 4.78 is 5.78. The Labute approximate surface area is 108 Å². The second kappa shape index (κ2) is 6.50. The molecule has 0 aromatic carbocycles. The van der Waals surface area contributed by atoms with Gasteiger partial charge in [0.2, 0.25) is 0 Å². The predicted molar refractivity (Wildman–Crippen MR) is 72.5 cm³/mol. The molecule has 4 heteroatoms. The molecule has 0 amide bonds. The number of nitrogens with zero attached hydrogens (tertiary/aromatic N) is 1. The fourth-order valence-corrected chi connectivity index (χ4v) is 2.78. The van der Waals surface area contributed by atoms with Crippen LogP contribution in [-0.2, 0) is 11.3 Å². The standard InChI is InChI=1S/C13H22N2OS/c1-11(2)15-5-6-16-12(10-15)8-14-9-13-4-3-7-17-13/h3-4,7,11-12,14H,5-6,8-10H2,1-2H3. The van der Waals surface area contributed by atoms with E-state index in [0.29, 0.717) is 12.1 Å². The molecule has 1 aromatic heterocycles. The zero-order chi connectivity index (χ0) is 12.1. The van der Waals surface area contributed by atoms with Gasteiger partial charge in [-0.15, -0.1) is 11.3 Å². The lowest BCUT2D eigenvalue weighted by atomic mass is 10.2. The highest BCUT2D eigenvalue weighted by Gasteiger charge is 2.21. The molecule has 1 atom stereocenters. The van der Waals surface area contributed by atoms with Crippen molar-refractivity contribution in [2.75, 3.05) is 26.2 Å². The van der Waals surface area contributed by atoms with Crippen molar-refractivity contribution in [3.63, 3.8) is 0 Å². The van der Waals surface area contributed by atoms with E-state index < -0.39 is 0 Å². The van der Waals surface area contributed by atoms with E-state index in [1.165, 1.54) is 4.88 Å². The Balaban J connectivity index is 1.68. The summed E-state index contributed by atoms with van der Waals surface area (Å²) in [5.74, 6) is 0. The van der Waals surface area contributed by atoms with Gasteiger partial charge in [0.05, 0.1) is 12.7 Å². The van der Waals surface area contributed by atoms with Gasteiger partial charge in [-0.3, -0.25) is 4.90 Å². The molecular weight excluding hydrogens is 232 g/mol. The third-order valence-corrected chi connectivity index (χ3v) is 4.03. The third-order valence-electron chi connectivity index (χ3n) is 3.15. The predicted octanol–water partition coefficient (Wildman–Crippen LogP) is 1.95. The molecule has 1 saturated heterocycles. The van der Waals surface area contributed by atoms with Crippen molar-refractivity contribution in [3.8, 4) is 0 Å². The maximum Gasteiger partial charge on any atom is 0.0826 e. The number of hydrogen-bond acceptors (Lipinski definition) is 4. The molecule has 0 aliphatic carbocycles. The van der Waals surface area contributed by atoms with Gasteiger partial charge in [-0.2, -0.15) is 0 Å². The maximum absolute atomic E-state index is 5.78. The zero-order valence-electron chi connectivity index (χ0n) is 10.7. The van der Waals surface area contributed by atoms with Gasteiger partial charge in [0.25, 0.3) is 0 Å². The number of morpholine rings is 1. The van der Waals surface area contributed by atoms with Crippen LogP contribution < -0.4 is 5.32 Å². The molecule has 1 unspecified atom stereocenters. The Morgan fingerprint density at radius 2 is 2.47 bits per heavy atom. The first kappa shape index (κ1) is 13.0.